The molecule has 3 nitrogen and oxygen atoms in total. The van der Waals surface area contributed by atoms with E-state index in [9.17, 15) is 0 Å². The molecule has 0 spiro atoms. The van der Waals surface area contributed by atoms with Gasteiger partial charge >= 0.3 is 0 Å². The van der Waals surface area contributed by atoms with Crippen LogP contribution in [0.15, 0.2) is 11.2 Å². The minimum atomic E-state index is 0.766. The zero-order chi connectivity index (χ0) is 12.1. The molecule has 1 fully saturated rings. The van der Waals surface area contributed by atoms with Crippen LogP contribution in [0.2, 0.25) is 0 Å². The van der Waals surface area contributed by atoms with Crippen LogP contribution < -0.4 is 5.32 Å². The third-order valence-electron chi connectivity index (χ3n) is 3.04. The number of hydrogen-bond acceptors (Lipinski definition) is 4. The summed E-state index contributed by atoms with van der Waals surface area (Å²) in [7, 11) is 0. The van der Waals surface area contributed by atoms with E-state index < -0.39 is 0 Å². The van der Waals surface area contributed by atoms with Gasteiger partial charge in [-0.25, -0.2) is 9.97 Å². The van der Waals surface area contributed by atoms with Crippen LogP contribution in [-0.4, -0.2) is 21.8 Å². The predicted octanol–water partition coefficient (Wildman–Crippen LogP) is 3.64. The van der Waals surface area contributed by atoms with Gasteiger partial charge < -0.3 is 5.32 Å². The number of nitrogens with zero attached hydrogens (tertiary/aromatic N) is 2. The SMILES string of the molecule is CCCNc1ncc(C)c(SC2CCCC2)n1. The van der Waals surface area contributed by atoms with Crippen molar-refractivity contribution in [2.24, 2.45) is 0 Å². The van der Waals surface area contributed by atoms with E-state index >= 15 is 0 Å². The molecule has 0 atom stereocenters. The smallest absolute Gasteiger partial charge is 0.223 e. The minimum Gasteiger partial charge on any atom is -0.354 e. The summed E-state index contributed by atoms with van der Waals surface area (Å²) < 4.78 is 0. The fourth-order valence-electron chi connectivity index (χ4n) is 2.03. The number of anilines is 1. The van der Waals surface area contributed by atoms with Crippen molar-refractivity contribution in [2.75, 3.05) is 11.9 Å². The van der Waals surface area contributed by atoms with Gasteiger partial charge in [-0.3, -0.25) is 0 Å². The van der Waals surface area contributed by atoms with Crippen molar-refractivity contribution >= 4 is 17.7 Å². The van der Waals surface area contributed by atoms with Crippen molar-refractivity contribution in [3.05, 3.63) is 11.8 Å². The topological polar surface area (TPSA) is 37.8 Å². The fourth-order valence-corrected chi connectivity index (χ4v) is 3.29. The average molecular weight is 251 g/mol. The summed E-state index contributed by atoms with van der Waals surface area (Å²) in [6.07, 6.45) is 8.47. The molecule has 0 amide bonds. The molecule has 4 heteroatoms. The highest BCUT2D eigenvalue weighted by Crippen LogP contribution is 2.35. The van der Waals surface area contributed by atoms with E-state index in [0.717, 1.165) is 29.2 Å². The zero-order valence-corrected chi connectivity index (χ0v) is 11.5. The Labute approximate surface area is 108 Å². The lowest BCUT2D eigenvalue weighted by atomic mass is 10.4. The lowest BCUT2D eigenvalue weighted by molar-refractivity contribution is 0.886. The van der Waals surface area contributed by atoms with Gasteiger partial charge in [0.25, 0.3) is 0 Å². The largest absolute Gasteiger partial charge is 0.354 e. The van der Waals surface area contributed by atoms with E-state index in [4.69, 9.17) is 0 Å². The first-order chi connectivity index (χ1) is 8.29. The second kappa shape index (κ2) is 6.24. The van der Waals surface area contributed by atoms with E-state index in [1.54, 1.807) is 0 Å². The van der Waals surface area contributed by atoms with Gasteiger partial charge in [0.05, 0.1) is 0 Å². The lowest BCUT2D eigenvalue weighted by Gasteiger charge is -2.11. The number of thioether (sulfide) groups is 1. The predicted molar refractivity (Wildman–Crippen MR) is 73.7 cm³/mol. The summed E-state index contributed by atoms with van der Waals surface area (Å²) >= 11 is 1.93. The minimum absolute atomic E-state index is 0.766. The first-order valence-corrected chi connectivity index (χ1v) is 7.41. The Kier molecular flexibility index (Phi) is 4.66. The van der Waals surface area contributed by atoms with E-state index in [0.29, 0.717) is 0 Å². The van der Waals surface area contributed by atoms with Crippen LogP contribution in [0, 0.1) is 6.92 Å². The maximum atomic E-state index is 4.61. The monoisotopic (exact) mass is 251 g/mol. The normalized spacial score (nSPS) is 16.4. The molecule has 1 heterocycles. The summed E-state index contributed by atoms with van der Waals surface area (Å²) in [4.78, 5) is 8.93. The van der Waals surface area contributed by atoms with Gasteiger partial charge in [0.2, 0.25) is 5.95 Å². The molecule has 1 aromatic heterocycles. The Morgan fingerprint density at radius 1 is 1.41 bits per heavy atom. The molecule has 1 aromatic rings. The van der Waals surface area contributed by atoms with Crippen LogP contribution >= 0.6 is 11.8 Å². The van der Waals surface area contributed by atoms with Crippen LogP contribution in [0.5, 0.6) is 0 Å². The standard InChI is InChI=1S/C13H21N3S/c1-3-8-14-13-15-9-10(2)12(16-13)17-11-6-4-5-7-11/h9,11H,3-8H2,1-2H3,(H,14,15,16). The second-order valence-electron chi connectivity index (χ2n) is 4.63. The molecule has 0 aromatic carbocycles. The molecule has 0 saturated heterocycles. The number of aryl methyl sites for hydroxylation is 1. The van der Waals surface area contributed by atoms with Gasteiger partial charge in [-0.05, 0) is 31.7 Å². The van der Waals surface area contributed by atoms with Crippen LogP contribution in [0.1, 0.15) is 44.6 Å². The van der Waals surface area contributed by atoms with Crippen LogP contribution in [0.4, 0.5) is 5.95 Å². The first kappa shape index (κ1) is 12.7. The zero-order valence-electron chi connectivity index (χ0n) is 10.7. The Balaban J connectivity index is 2.03. The number of hydrogen-bond donors (Lipinski definition) is 1. The molecule has 1 aliphatic carbocycles. The van der Waals surface area contributed by atoms with E-state index in [1.807, 2.05) is 18.0 Å². The molecule has 94 valence electrons. The van der Waals surface area contributed by atoms with Crippen molar-refractivity contribution < 1.29 is 0 Å². The number of aromatic nitrogens is 2. The Hall–Kier alpha value is -0.770. The summed E-state index contributed by atoms with van der Waals surface area (Å²) in [5.41, 5.74) is 1.20. The fraction of sp³-hybridized carbons (Fsp3) is 0.692. The molecule has 1 saturated carbocycles. The molecule has 0 bridgehead atoms. The molecule has 0 unspecified atom stereocenters. The van der Waals surface area contributed by atoms with Crippen LogP contribution in [-0.2, 0) is 0 Å². The molecule has 1 aliphatic rings. The van der Waals surface area contributed by atoms with Crippen LogP contribution in [0.25, 0.3) is 0 Å². The molecule has 0 aliphatic heterocycles. The van der Waals surface area contributed by atoms with Gasteiger partial charge in [0.1, 0.15) is 5.03 Å². The van der Waals surface area contributed by atoms with Crippen molar-refractivity contribution in [3.8, 4) is 0 Å². The molecule has 0 radical (unpaired) electrons. The number of rotatable bonds is 5. The third-order valence-corrected chi connectivity index (χ3v) is 4.48. The maximum Gasteiger partial charge on any atom is 0.223 e. The highest BCUT2D eigenvalue weighted by atomic mass is 32.2. The molecule has 2 rings (SSSR count). The summed E-state index contributed by atoms with van der Waals surface area (Å²) in [5, 5.41) is 5.18. The van der Waals surface area contributed by atoms with Crippen molar-refractivity contribution in [2.45, 2.75) is 56.2 Å². The first-order valence-electron chi connectivity index (χ1n) is 6.53. The van der Waals surface area contributed by atoms with Gasteiger partial charge in [0.15, 0.2) is 0 Å². The Morgan fingerprint density at radius 2 is 2.18 bits per heavy atom. The third kappa shape index (κ3) is 3.60. The van der Waals surface area contributed by atoms with Gasteiger partial charge in [0, 0.05) is 18.0 Å². The highest BCUT2D eigenvalue weighted by molar-refractivity contribution is 7.99. The van der Waals surface area contributed by atoms with E-state index in [2.05, 4.69) is 29.1 Å². The number of nitrogens with one attached hydrogen (secondary N) is 1. The van der Waals surface area contributed by atoms with E-state index in [1.165, 1.54) is 31.2 Å². The van der Waals surface area contributed by atoms with Crippen LogP contribution in [0.3, 0.4) is 0 Å². The van der Waals surface area contributed by atoms with E-state index in [-0.39, 0.29) is 0 Å². The molecule has 1 N–H and O–H groups in total. The summed E-state index contributed by atoms with van der Waals surface area (Å²) in [6.45, 7) is 5.19. The summed E-state index contributed by atoms with van der Waals surface area (Å²) in [6, 6.07) is 0. The molecule has 17 heavy (non-hydrogen) atoms. The second-order valence-corrected chi connectivity index (χ2v) is 5.92. The van der Waals surface area contributed by atoms with Crippen molar-refractivity contribution in [1.29, 1.82) is 0 Å². The Morgan fingerprint density at radius 3 is 2.88 bits per heavy atom. The van der Waals surface area contributed by atoms with Crippen molar-refractivity contribution in [3.63, 3.8) is 0 Å². The molecular formula is C13H21N3S. The lowest BCUT2D eigenvalue weighted by Crippen LogP contribution is -2.06. The average Bonchev–Trinajstić information content (AvgIpc) is 2.83. The van der Waals surface area contributed by atoms with Gasteiger partial charge in [-0.1, -0.05) is 19.8 Å². The maximum absolute atomic E-state index is 4.61. The highest BCUT2D eigenvalue weighted by Gasteiger charge is 2.18. The quantitative estimate of drug-likeness (QED) is 0.811. The summed E-state index contributed by atoms with van der Waals surface area (Å²) in [5.74, 6) is 0.776. The molecular weight excluding hydrogens is 230 g/mol. The van der Waals surface area contributed by atoms with Gasteiger partial charge in [-0.2, -0.15) is 0 Å². The van der Waals surface area contributed by atoms with Crippen molar-refractivity contribution in [1.82, 2.24) is 9.97 Å². The van der Waals surface area contributed by atoms with Gasteiger partial charge in [-0.15, -0.1) is 11.8 Å². The Bertz CT molecular complexity index is 362.